The summed E-state index contributed by atoms with van der Waals surface area (Å²) in [5.74, 6) is 0.338. The van der Waals surface area contributed by atoms with Gasteiger partial charge in [0.25, 0.3) is 0 Å². The zero-order valence-electron chi connectivity index (χ0n) is 11.0. The molecule has 102 valence electrons. The molecule has 1 aromatic rings. The molecule has 1 fully saturated rings. The minimum absolute atomic E-state index is 0.181. The third-order valence-corrected chi connectivity index (χ3v) is 4.54. The normalized spacial score (nSPS) is 24.4. The highest BCUT2D eigenvalue weighted by Gasteiger charge is 2.27. The Labute approximate surface area is 118 Å². The Morgan fingerprint density at radius 3 is 2.83 bits per heavy atom. The predicted molar refractivity (Wildman–Crippen MR) is 74.6 cm³/mol. The first-order valence-electron chi connectivity index (χ1n) is 6.63. The van der Waals surface area contributed by atoms with Gasteiger partial charge in [-0.25, -0.2) is 0 Å². The lowest BCUT2D eigenvalue weighted by molar-refractivity contribution is 0.0571. The van der Waals surface area contributed by atoms with Crippen molar-refractivity contribution >= 4 is 23.2 Å². The van der Waals surface area contributed by atoms with Crippen LogP contribution >= 0.6 is 23.2 Å². The van der Waals surface area contributed by atoms with E-state index in [0.29, 0.717) is 5.92 Å². The predicted octanol–water partition coefficient (Wildman–Crippen LogP) is 3.31. The van der Waals surface area contributed by atoms with Crippen LogP contribution < -0.4 is 0 Å². The number of ether oxygens (including phenoxy) is 1. The Morgan fingerprint density at radius 2 is 2.22 bits per heavy atom. The highest BCUT2D eigenvalue weighted by atomic mass is 35.5. The molecule has 2 heterocycles. The van der Waals surface area contributed by atoms with Crippen LogP contribution in [-0.2, 0) is 24.1 Å². The van der Waals surface area contributed by atoms with Gasteiger partial charge in [-0.2, -0.15) is 5.10 Å². The number of aromatic nitrogens is 2. The molecule has 18 heavy (non-hydrogen) atoms. The molecule has 0 aliphatic carbocycles. The first kappa shape index (κ1) is 14.2. The number of hydrogen-bond donors (Lipinski definition) is 0. The Kier molecular flexibility index (Phi) is 4.93. The maximum atomic E-state index is 6.41. The van der Waals surface area contributed by atoms with Gasteiger partial charge in [-0.05, 0) is 26.2 Å². The van der Waals surface area contributed by atoms with Gasteiger partial charge in [0.2, 0.25) is 0 Å². The summed E-state index contributed by atoms with van der Waals surface area (Å²) in [5, 5.41) is 5.53. The fraction of sp³-hybridized carbons (Fsp3) is 0.769. The molecule has 0 N–H and O–H groups in total. The van der Waals surface area contributed by atoms with Gasteiger partial charge < -0.3 is 4.74 Å². The topological polar surface area (TPSA) is 27.1 Å². The van der Waals surface area contributed by atoms with Crippen LogP contribution in [-0.4, -0.2) is 28.4 Å². The van der Waals surface area contributed by atoms with E-state index in [0.717, 1.165) is 55.4 Å². The minimum atomic E-state index is 0.181. The Balaban J connectivity index is 2.19. The van der Waals surface area contributed by atoms with Crippen LogP contribution in [0, 0.1) is 5.92 Å². The second-order valence-corrected chi connectivity index (χ2v) is 5.66. The zero-order valence-corrected chi connectivity index (χ0v) is 12.5. The van der Waals surface area contributed by atoms with Gasteiger partial charge in [0.1, 0.15) is 0 Å². The lowest BCUT2D eigenvalue weighted by Crippen LogP contribution is -2.30. The van der Waals surface area contributed by atoms with Gasteiger partial charge in [-0.1, -0.05) is 18.5 Å². The molecule has 0 spiro atoms. The summed E-state index contributed by atoms with van der Waals surface area (Å²) in [6.07, 6.45) is 2.64. The number of halogens is 2. The third kappa shape index (κ3) is 2.84. The van der Waals surface area contributed by atoms with Crippen molar-refractivity contribution < 1.29 is 4.74 Å². The SMILES string of the molecule is CCc1nn(CC)c(CC2COCCC2Cl)c1Cl. The first-order valence-corrected chi connectivity index (χ1v) is 7.44. The third-order valence-electron chi connectivity index (χ3n) is 3.53. The van der Waals surface area contributed by atoms with Crippen LogP contribution in [0.4, 0.5) is 0 Å². The van der Waals surface area contributed by atoms with Crippen LogP contribution in [0.5, 0.6) is 0 Å². The second-order valence-electron chi connectivity index (χ2n) is 4.72. The summed E-state index contributed by atoms with van der Waals surface area (Å²) >= 11 is 12.8. The standard InChI is InChI=1S/C13H20Cl2N2O/c1-3-11-13(15)12(17(4-2)16-11)7-9-8-18-6-5-10(9)14/h9-10H,3-8H2,1-2H3. The van der Waals surface area contributed by atoms with Crippen molar-refractivity contribution in [3.8, 4) is 0 Å². The number of nitrogens with zero attached hydrogens (tertiary/aromatic N) is 2. The van der Waals surface area contributed by atoms with E-state index in [1.54, 1.807) is 0 Å². The molecule has 0 aromatic carbocycles. The number of hydrogen-bond acceptors (Lipinski definition) is 2. The van der Waals surface area contributed by atoms with E-state index >= 15 is 0 Å². The van der Waals surface area contributed by atoms with Crippen molar-refractivity contribution in [3.05, 3.63) is 16.4 Å². The molecule has 2 rings (SSSR count). The summed E-state index contributed by atoms with van der Waals surface area (Å²) in [7, 11) is 0. The molecule has 2 atom stereocenters. The highest BCUT2D eigenvalue weighted by molar-refractivity contribution is 6.31. The van der Waals surface area contributed by atoms with Gasteiger partial charge in [0.15, 0.2) is 0 Å². The lowest BCUT2D eigenvalue weighted by atomic mass is 9.96. The Bertz CT molecular complexity index is 406. The van der Waals surface area contributed by atoms with Crippen molar-refractivity contribution in [1.29, 1.82) is 0 Å². The minimum Gasteiger partial charge on any atom is -0.381 e. The highest BCUT2D eigenvalue weighted by Crippen LogP contribution is 2.29. The number of alkyl halides is 1. The first-order chi connectivity index (χ1) is 8.67. The van der Waals surface area contributed by atoms with Gasteiger partial charge in [-0.3, -0.25) is 4.68 Å². The van der Waals surface area contributed by atoms with E-state index in [1.807, 2.05) is 4.68 Å². The van der Waals surface area contributed by atoms with Gasteiger partial charge in [0.05, 0.1) is 23.0 Å². The fourth-order valence-electron chi connectivity index (χ4n) is 2.42. The van der Waals surface area contributed by atoms with E-state index in [2.05, 4.69) is 18.9 Å². The molecule has 0 amide bonds. The molecule has 3 nitrogen and oxygen atoms in total. The quantitative estimate of drug-likeness (QED) is 0.796. The van der Waals surface area contributed by atoms with Crippen molar-refractivity contribution in [2.45, 2.75) is 45.0 Å². The Morgan fingerprint density at radius 1 is 1.44 bits per heavy atom. The number of aryl methyl sites for hydroxylation is 2. The number of rotatable bonds is 4. The molecule has 2 unspecified atom stereocenters. The molecule has 0 saturated carbocycles. The maximum Gasteiger partial charge on any atom is 0.0849 e. The zero-order chi connectivity index (χ0) is 13.1. The summed E-state index contributed by atoms with van der Waals surface area (Å²) < 4.78 is 7.51. The fourth-order valence-corrected chi connectivity index (χ4v) is 3.02. The molecular formula is C13H20Cl2N2O. The molecule has 1 aliphatic rings. The average Bonchev–Trinajstić information content (AvgIpc) is 2.69. The summed E-state index contributed by atoms with van der Waals surface area (Å²) in [5.41, 5.74) is 2.09. The maximum absolute atomic E-state index is 6.41. The van der Waals surface area contributed by atoms with Gasteiger partial charge in [0, 0.05) is 24.4 Å². The molecule has 0 radical (unpaired) electrons. The summed E-state index contributed by atoms with van der Waals surface area (Å²) in [6, 6.07) is 0. The van der Waals surface area contributed by atoms with E-state index in [-0.39, 0.29) is 5.38 Å². The van der Waals surface area contributed by atoms with Crippen LogP contribution in [0.2, 0.25) is 5.02 Å². The van der Waals surface area contributed by atoms with Crippen LogP contribution in [0.1, 0.15) is 31.7 Å². The van der Waals surface area contributed by atoms with Gasteiger partial charge in [-0.15, -0.1) is 11.6 Å². The molecule has 1 saturated heterocycles. The largest absolute Gasteiger partial charge is 0.381 e. The van der Waals surface area contributed by atoms with Crippen molar-refractivity contribution in [2.75, 3.05) is 13.2 Å². The van der Waals surface area contributed by atoms with E-state index in [4.69, 9.17) is 27.9 Å². The molecule has 0 bridgehead atoms. The second kappa shape index (κ2) is 6.27. The molecular weight excluding hydrogens is 271 g/mol. The van der Waals surface area contributed by atoms with Crippen LogP contribution in [0.15, 0.2) is 0 Å². The van der Waals surface area contributed by atoms with Crippen LogP contribution in [0.3, 0.4) is 0 Å². The monoisotopic (exact) mass is 290 g/mol. The smallest absolute Gasteiger partial charge is 0.0849 e. The summed E-state index contributed by atoms with van der Waals surface area (Å²) in [6.45, 7) is 6.50. The van der Waals surface area contributed by atoms with Crippen molar-refractivity contribution in [1.82, 2.24) is 9.78 Å². The molecule has 1 aliphatic heterocycles. The molecule has 5 heteroatoms. The Hall–Kier alpha value is -0.250. The summed E-state index contributed by atoms with van der Waals surface area (Å²) in [4.78, 5) is 0. The van der Waals surface area contributed by atoms with E-state index < -0.39 is 0 Å². The van der Waals surface area contributed by atoms with Crippen LogP contribution in [0.25, 0.3) is 0 Å². The molecule has 1 aromatic heterocycles. The lowest BCUT2D eigenvalue weighted by Gasteiger charge is -2.27. The van der Waals surface area contributed by atoms with Gasteiger partial charge >= 0.3 is 0 Å². The van der Waals surface area contributed by atoms with Crippen molar-refractivity contribution in [3.63, 3.8) is 0 Å². The van der Waals surface area contributed by atoms with Crippen molar-refractivity contribution in [2.24, 2.45) is 5.92 Å². The van der Waals surface area contributed by atoms with E-state index in [9.17, 15) is 0 Å². The average molecular weight is 291 g/mol. The van der Waals surface area contributed by atoms with E-state index in [1.165, 1.54) is 0 Å².